The number of nitrogen functional groups attached to an aromatic ring is 1. The summed E-state index contributed by atoms with van der Waals surface area (Å²) in [5.74, 6) is -3.05. The molecule has 1 aromatic rings. The number of aryl methyl sites for hydroxylation is 1. The number of carboxylic acids is 2. The van der Waals surface area contributed by atoms with E-state index in [0.29, 0.717) is 0 Å². The molecule has 0 spiro atoms. The van der Waals surface area contributed by atoms with E-state index in [9.17, 15) is 14.4 Å². The maximum atomic E-state index is 12.0. The molecule has 0 fully saturated rings. The Labute approximate surface area is 115 Å². The third kappa shape index (κ3) is 4.27. The first kappa shape index (κ1) is 15.5. The average molecular weight is 280 g/mol. The minimum atomic E-state index is -1.29. The third-order valence-electron chi connectivity index (χ3n) is 2.70. The van der Waals surface area contributed by atoms with Crippen molar-refractivity contribution >= 4 is 23.5 Å². The lowest BCUT2D eigenvalue weighted by atomic mass is 10.1. The van der Waals surface area contributed by atoms with Crippen LogP contribution in [0.3, 0.4) is 0 Å². The third-order valence-corrected chi connectivity index (χ3v) is 2.70. The van der Waals surface area contributed by atoms with Crippen LogP contribution in [0.1, 0.15) is 28.8 Å². The van der Waals surface area contributed by atoms with Gasteiger partial charge in [0.2, 0.25) is 0 Å². The Balaban J connectivity index is 2.82. The molecule has 0 bridgehead atoms. The van der Waals surface area contributed by atoms with Crippen molar-refractivity contribution in [2.45, 2.75) is 25.8 Å². The van der Waals surface area contributed by atoms with E-state index in [1.54, 1.807) is 25.1 Å². The summed E-state index contributed by atoms with van der Waals surface area (Å²) in [7, 11) is 0. The fraction of sp³-hybridized carbons (Fsp3) is 0.308. The highest BCUT2D eigenvalue weighted by molar-refractivity contribution is 6.01. The van der Waals surface area contributed by atoms with Gasteiger partial charge < -0.3 is 21.3 Å². The Morgan fingerprint density at radius 1 is 1.30 bits per heavy atom. The van der Waals surface area contributed by atoms with Crippen molar-refractivity contribution in [2.24, 2.45) is 0 Å². The van der Waals surface area contributed by atoms with Gasteiger partial charge in [0.1, 0.15) is 6.04 Å². The van der Waals surface area contributed by atoms with Crippen molar-refractivity contribution in [3.8, 4) is 0 Å². The monoisotopic (exact) mass is 280 g/mol. The fourth-order valence-corrected chi connectivity index (χ4v) is 1.63. The summed E-state index contributed by atoms with van der Waals surface area (Å²) >= 11 is 0. The van der Waals surface area contributed by atoms with Crippen LogP contribution < -0.4 is 11.1 Å². The largest absolute Gasteiger partial charge is 0.481 e. The van der Waals surface area contributed by atoms with Gasteiger partial charge in [0.05, 0.1) is 5.56 Å². The van der Waals surface area contributed by atoms with Gasteiger partial charge in [0, 0.05) is 12.1 Å². The van der Waals surface area contributed by atoms with E-state index in [1.165, 1.54) is 0 Å². The zero-order valence-corrected chi connectivity index (χ0v) is 10.9. The molecule has 0 aliphatic heterocycles. The highest BCUT2D eigenvalue weighted by Crippen LogP contribution is 2.14. The van der Waals surface area contributed by atoms with Crippen LogP contribution in [-0.4, -0.2) is 34.1 Å². The van der Waals surface area contributed by atoms with Gasteiger partial charge in [-0.2, -0.15) is 0 Å². The van der Waals surface area contributed by atoms with Gasteiger partial charge in [-0.1, -0.05) is 11.6 Å². The molecule has 0 aliphatic carbocycles. The first-order valence-electron chi connectivity index (χ1n) is 5.93. The molecule has 0 heterocycles. The van der Waals surface area contributed by atoms with E-state index >= 15 is 0 Å². The SMILES string of the molecule is Cc1ccc(N)c(C(=O)N[C@@H](CCC(=O)O)C(=O)O)c1. The number of carbonyl (C=O) groups excluding carboxylic acids is 1. The van der Waals surface area contributed by atoms with Crippen LogP contribution in [-0.2, 0) is 9.59 Å². The molecule has 108 valence electrons. The molecule has 0 aliphatic rings. The van der Waals surface area contributed by atoms with Crippen LogP contribution >= 0.6 is 0 Å². The van der Waals surface area contributed by atoms with Gasteiger partial charge in [0.15, 0.2) is 0 Å². The lowest BCUT2D eigenvalue weighted by molar-refractivity contribution is -0.140. The smallest absolute Gasteiger partial charge is 0.326 e. The van der Waals surface area contributed by atoms with Crippen LogP contribution in [0.5, 0.6) is 0 Å². The Hall–Kier alpha value is -2.57. The Kier molecular flexibility index (Phi) is 5.08. The lowest BCUT2D eigenvalue weighted by Crippen LogP contribution is -2.41. The molecule has 1 atom stereocenters. The first-order valence-corrected chi connectivity index (χ1v) is 5.93. The van der Waals surface area contributed by atoms with Crippen molar-refractivity contribution in [2.75, 3.05) is 5.73 Å². The van der Waals surface area contributed by atoms with Crippen molar-refractivity contribution in [1.82, 2.24) is 5.32 Å². The summed E-state index contributed by atoms with van der Waals surface area (Å²) in [5.41, 5.74) is 6.87. The van der Waals surface area contributed by atoms with Crippen LogP contribution in [0.25, 0.3) is 0 Å². The number of hydrogen-bond acceptors (Lipinski definition) is 4. The van der Waals surface area contributed by atoms with E-state index in [1.807, 2.05) is 0 Å². The molecule has 0 unspecified atom stereocenters. The molecule has 7 heteroatoms. The molecule has 20 heavy (non-hydrogen) atoms. The Bertz CT molecular complexity index is 542. The van der Waals surface area contributed by atoms with Crippen LogP contribution in [0, 0.1) is 6.92 Å². The van der Waals surface area contributed by atoms with Gasteiger partial charge in [-0.25, -0.2) is 4.79 Å². The lowest BCUT2D eigenvalue weighted by Gasteiger charge is -2.14. The summed E-state index contributed by atoms with van der Waals surface area (Å²) in [5, 5.41) is 19.8. The molecule has 0 saturated heterocycles. The summed E-state index contributed by atoms with van der Waals surface area (Å²) in [6, 6.07) is 3.56. The number of rotatable bonds is 6. The number of nitrogens with one attached hydrogen (secondary N) is 1. The van der Waals surface area contributed by atoms with E-state index < -0.39 is 23.9 Å². The molecule has 1 aromatic carbocycles. The highest BCUT2D eigenvalue weighted by atomic mass is 16.4. The fourth-order valence-electron chi connectivity index (χ4n) is 1.63. The van der Waals surface area contributed by atoms with Crippen LogP contribution in [0.2, 0.25) is 0 Å². The van der Waals surface area contributed by atoms with Gasteiger partial charge >= 0.3 is 11.9 Å². The topological polar surface area (TPSA) is 130 Å². The summed E-state index contributed by atoms with van der Waals surface area (Å²) in [6.45, 7) is 1.77. The Morgan fingerprint density at radius 2 is 1.95 bits per heavy atom. The van der Waals surface area contributed by atoms with E-state index in [0.717, 1.165) is 5.56 Å². The van der Waals surface area contributed by atoms with Crippen molar-refractivity contribution in [1.29, 1.82) is 0 Å². The predicted octanol–water partition coefficient (Wildman–Crippen LogP) is 0.625. The minimum absolute atomic E-state index is 0.173. The number of carboxylic acid groups (broad SMARTS) is 2. The van der Waals surface area contributed by atoms with Crippen LogP contribution in [0.15, 0.2) is 18.2 Å². The second kappa shape index (κ2) is 6.55. The van der Waals surface area contributed by atoms with Gasteiger partial charge in [-0.15, -0.1) is 0 Å². The molecule has 0 saturated carbocycles. The summed E-state index contributed by atoms with van der Waals surface area (Å²) in [4.78, 5) is 33.4. The molecular weight excluding hydrogens is 264 g/mol. The molecule has 0 aromatic heterocycles. The normalized spacial score (nSPS) is 11.7. The second-order valence-corrected chi connectivity index (χ2v) is 4.39. The standard InChI is InChI=1S/C13H16N2O5/c1-7-2-3-9(14)8(6-7)12(18)15-10(13(19)20)4-5-11(16)17/h2-3,6,10H,4-5,14H2,1H3,(H,15,18)(H,16,17)(H,19,20)/t10-/m0/s1. The van der Waals surface area contributed by atoms with Crippen molar-refractivity contribution in [3.05, 3.63) is 29.3 Å². The number of hydrogen-bond donors (Lipinski definition) is 4. The van der Waals surface area contributed by atoms with Gasteiger partial charge in [0.25, 0.3) is 5.91 Å². The molecular formula is C13H16N2O5. The average Bonchev–Trinajstić information content (AvgIpc) is 2.36. The quantitative estimate of drug-likeness (QED) is 0.565. The van der Waals surface area contributed by atoms with E-state index in [-0.39, 0.29) is 24.1 Å². The number of benzene rings is 1. The second-order valence-electron chi connectivity index (χ2n) is 4.39. The number of carbonyl (C=O) groups is 3. The van der Waals surface area contributed by atoms with Gasteiger partial charge in [-0.05, 0) is 25.5 Å². The highest BCUT2D eigenvalue weighted by Gasteiger charge is 2.22. The first-order chi connectivity index (χ1) is 9.31. The number of aliphatic carboxylic acids is 2. The van der Waals surface area contributed by atoms with Crippen molar-refractivity contribution in [3.63, 3.8) is 0 Å². The minimum Gasteiger partial charge on any atom is -0.481 e. The summed E-state index contributed by atoms with van der Waals surface area (Å²) in [6.07, 6.45) is -0.539. The molecule has 0 radical (unpaired) electrons. The van der Waals surface area contributed by atoms with Gasteiger partial charge in [-0.3, -0.25) is 9.59 Å². The molecule has 5 N–H and O–H groups in total. The molecule has 1 rings (SSSR count). The number of amides is 1. The number of anilines is 1. The predicted molar refractivity (Wildman–Crippen MR) is 71.4 cm³/mol. The Morgan fingerprint density at radius 3 is 2.50 bits per heavy atom. The molecule has 1 amide bonds. The van der Waals surface area contributed by atoms with Crippen LogP contribution in [0.4, 0.5) is 5.69 Å². The zero-order valence-electron chi connectivity index (χ0n) is 10.9. The maximum Gasteiger partial charge on any atom is 0.326 e. The van der Waals surface area contributed by atoms with Crippen molar-refractivity contribution < 1.29 is 24.6 Å². The zero-order chi connectivity index (χ0) is 15.3. The van der Waals surface area contributed by atoms with E-state index in [2.05, 4.69) is 5.32 Å². The van der Waals surface area contributed by atoms with E-state index in [4.69, 9.17) is 15.9 Å². The summed E-state index contributed by atoms with van der Waals surface area (Å²) < 4.78 is 0. The molecule has 7 nitrogen and oxygen atoms in total. The maximum absolute atomic E-state index is 12.0. The number of nitrogens with two attached hydrogens (primary N) is 1.